The highest BCUT2D eigenvalue weighted by Gasteiger charge is 2.21. The van der Waals surface area contributed by atoms with Crippen LogP contribution >= 0.6 is 0 Å². The minimum absolute atomic E-state index is 0.355. The fraction of sp³-hybridized carbons (Fsp3) is 0.524. The molecule has 158 valence electrons. The molecule has 0 spiro atoms. The molecule has 0 aromatic heterocycles. The highest BCUT2D eigenvalue weighted by Crippen LogP contribution is 2.32. The molecule has 1 fully saturated rings. The van der Waals surface area contributed by atoms with Gasteiger partial charge < -0.3 is 24.6 Å². The van der Waals surface area contributed by atoms with Crippen molar-refractivity contribution in [2.24, 2.45) is 5.92 Å². The van der Waals surface area contributed by atoms with E-state index < -0.39 is 11.9 Å². The lowest BCUT2D eigenvalue weighted by molar-refractivity contribution is -0.159. The van der Waals surface area contributed by atoms with Crippen molar-refractivity contribution in [1.29, 1.82) is 0 Å². The van der Waals surface area contributed by atoms with Gasteiger partial charge in [-0.25, -0.2) is 9.59 Å². The Balaban J connectivity index is 0.000000353. The number of benzene rings is 1. The highest BCUT2D eigenvalue weighted by molar-refractivity contribution is 6.27. The molecule has 0 amide bonds. The molecule has 1 aromatic carbocycles. The van der Waals surface area contributed by atoms with Crippen molar-refractivity contribution >= 4 is 11.9 Å². The number of carbonyl (C=O) groups is 2. The molecule has 3 aliphatic rings. The third-order valence-corrected chi connectivity index (χ3v) is 5.39. The first kappa shape index (κ1) is 21.1. The molecule has 1 aromatic rings. The zero-order valence-corrected chi connectivity index (χ0v) is 16.5. The molecule has 2 aliphatic heterocycles. The van der Waals surface area contributed by atoms with E-state index in [0.717, 1.165) is 37.1 Å². The zero-order chi connectivity index (χ0) is 20.6. The fourth-order valence-corrected chi connectivity index (χ4v) is 3.81. The van der Waals surface area contributed by atoms with Crippen LogP contribution in [0, 0.1) is 5.92 Å². The summed E-state index contributed by atoms with van der Waals surface area (Å²) in [7, 11) is 0. The van der Waals surface area contributed by atoms with Crippen molar-refractivity contribution in [3.8, 4) is 11.5 Å². The van der Waals surface area contributed by atoms with Crippen molar-refractivity contribution in [2.75, 3.05) is 39.5 Å². The second kappa shape index (κ2) is 10.3. The standard InChI is InChI=1S/C19H26N2O2.C2H2O4/c1-2-4-16(5-3-1)13-20-8-10-21(11-9-20)14-17-6-7-18-19(12-17)23-15-22-18;3-1(4)2(5)6/h1-2,6-7,12,16H,3-5,8-11,13-15H2;(H,3,4)(H,5,6). The Morgan fingerprint density at radius 2 is 1.66 bits per heavy atom. The van der Waals surface area contributed by atoms with Crippen molar-refractivity contribution in [3.05, 3.63) is 35.9 Å². The first-order valence-electron chi connectivity index (χ1n) is 9.95. The third-order valence-electron chi connectivity index (χ3n) is 5.39. The molecule has 29 heavy (non-hydrogen) atoms. The van der Waals surface area contributed by atoms with Gasteiger partial charge in [0.05, 0.1) is 0 Å². The van der Waals surface area contributed by atoms with Gasteiger partial charge in [-0.3, -0.25) is 4.90 Å². The summed E-state index contributed by atoms with van der Waals surface area (Å²) in [5.41, 5.74) is 1.32. The summed E-state index contributed by atoms with van der Waals surface area (Å²) in [5.74, 6) is -1.00. The van der Waals surface area contributed by atoms with E-state index in [0.29, 0.717) is 6.79 Å². The lowest BCUT2D eigenvalue weighted by atomic mass is 9.94. The SMILES string of the molecule is C1=CCC(CN2CCN(Cc3ccc4c(c3)OCO4)CC2)CC1.O=C(O)C(=O)O. The molecule has 0 radical (unpaired) electrons. The second-order valence-electron chi connectivity index (χ2n) is 7.53. The van der Waals surface area contributed by atoms with Crippen molar-refractivity contribution in [1.82, 2.24) is 9.80 Å². The number of allylic oxidation sites excluding steroid dienone is 2. The zero-order valence-electron chi connectivity index (χ0n) is 16.5. The predicted octanol–water partition coefficient (Wildman–Crippen LogP) is 2.04. The fourth-order valence-electron chi connectivity index (χ4n) is 3.81. The first-order valence-corrected chi connectivity index (χ1v) is 9.95. The van der Waals surface area contributed by atoms with E-state index >= 15 is 0 Å². The Labute approximate surface area is 170 Å². The van der Waals surface area contributed by atoms with E-state index in [4.69, 9.17) is 29.3 Å². The molecule has 8 nitrogen and oxygen atoms in total. The predicted molar refractivity (Wildman–Crippen MR) is 106 cm³/mol. The molecule has 8 heteroatoms. The summed E-state index contributed by atoms with van der Waals surface area (Å²) in [6.07, 6.45) is 8.62. The largest absolute Gasteiger partial charge is 0.473 e. The van der Waals surface area contributed by atoms with Gasteiger partial charge in [-0.15, -0.1) is 0 Å². The minimum atomic E-state index is -1.82. The number of aliphatic carboxylic acids is 2. The minimum Gasteiger partial charge on any atom is -0.473 e. The van der Waals surface area contributed by atoms with Gasteiger partial charge in [-0.2, -0.15) is 0 Å². The Morgan fingerprint density at radius 3 is 2.31 bits per heavy atom. The van der Waals surface area contributed by atoms with Gasteiger partial charge in [-0.05, 0) is 42.9 Å². The number of hydrogen-bond acceptors (Lipinski definition) is 6. The lowest BCUT2D eigenvalue weighted by Gasteiger charge is -2.36. The van der Waals surface area contributed by atoms with Gasteiger partial charge in [0.25, 0.3) is 0 Å². The Bertz CT molecular complexity index is 731. The van der Waals surface area contributed by atoms with Crippen LogP contribution in [-0.2, 0) is 16.1 Å². The molecular formula is C21H28N2O6. The summed E-state index contributed by atoms with van der Waals surface area (Å²) in [5, 5.41) is 14.8. The van der Waals surface area contributed by atoms with E-state index in [9.17, 15) is 0 Å². The molecule has 1 atom stereocenters. The van der Waals surface area contributed by atoms with Crippen LogP contribution in [0.4, 0.5) is 0 Å². The quantitative estimate of drug-likeness (QED) is 0.581. The van der Waals surface area contributed by atoms with Crippen molar-refractivity contribution < 1.29 is 29.3 Å². The van der Waals surface area contributed by atoms with Gasteiger partial charge in [0.2, 0.25) is 6.79 Å². The number of fused-ring (bicyclic) bond motifs is 1. The molecule has 1 saturated heterocycles. The van der Waals surface area contributed by atoms with Gasteiger partial charge in [0.15, 0.2) is 11.5 Å². The molecule has 2 heterocycles. The number of ether oxygens (including phenoxy) is 2. The van der Waals surface area contributed by atoms with Gasteiger partial charge in [0.1, 0.15) is 0 Å². The monoisotopic (exact) mass is 404 g/mol. The van der Waals surface area contributed by atoms with Crippen molar-refractivity contribution in [3.63, 3.8) is 0 Å². The van der Waals surface area contributed by atoms with Crippen LogP contribution in [0.15, 0.2) is 30.4 Å². The van der Waals surface area contributed by atoms with E-state index in [1.54, 1.807) is 0 Å². The van der Waals surface area contributed by atoms with Crippen LogP contribution in [0.5, 0.6) is 11.5 Å². The highest BCUT2D eigenvalue weighted by atomic mass is 16.7. The molecule has 1 aliphatic carbocycles. The van der Waals surface area contributed by atoms with E-state index in [-0.39, 0.29) is 0 Å². The lowest BCUT2D eigenvalue weighted by Crippen LogP contribution is -2.47. The Morgan fingerprint density at radius 1 is 0.966 bits per heavy atom. The smallest absolute Gasteiger partial charge is 0.414 e. The van der Waals surface area contributed by atoms with Crippen LogP contribution in [-0.4, -0.2) is 71.5 Å². The number of piperazine rings is 1. The summed E-state index contributed by atoms with van der Waals surface area (Å²) >= 11 is 0. The third kappa shape index (κ3) is 6.47. The number of carboxylic acid groups (broad SMARTS) is 2. The summed E-state index contributed by atoms with van der Waals surface area (Å²) < 4.78 is 10.9. The number of nitrogens with zero attached hydrogens (tertiary/aromatic N) is 2. The van der Waals surface area contributed by atoms with Crippen LogP contribution in [0.25, 0.3) is 0 Å². The van der Waals surface area contributed by atoms with E-state index in [1.807, 2.05) is 6.07 Å². The molecule has 0 bridgehead atoms. The summed E-state index contributed by atoms with van der Waals surface area (Å²) in [6.45, 7) is 7.37. The number of hydrogen-bond donors (Lipinski definition) is 2. The van der Waals surface area contributed by atoms with E-state index in [1.165, 1.54) is 44.5 Å². The maximum atomic E-state index is 9.10. The van der Waals surface area contributed by atoms with Crippen LogP contribution in [0.1, 0.15) is 24.8 Å². The average Bonchev–Trinajstić information content (AvgIpc) is 3.18. The van der Waals surface area contributed by atoms with Gasteiger partial charge in [0, 0.05) is 39.3 Å². The maximum Gasteiger partial charge on any atom is 0.414 e. The summed E-state index contributed by atoms with van der Waals surface area (Å²) in [4.78, 5) is 23.4. The Hall–Kier alpha value is -2.58. The maximum absolute atomic E-state index is 9.10. The first-order chi connectivity index (χ1) is 14.0. The van der Waals surface area contributed by atoms with Crippen molar-refractivity contribution in [2.45, 2.75) is 25.8 Å². The average molecular weight is 404 g/mol. The Kier molecular flexibility index (Phi) is 7.48. The molecule has 4 rings (SSSR count). The molecular weight excluding hydrogens is 376 g/mol. The van der Waals surface area contributed by atoms with E-state index in [2.05, 4.69) is 34.1 Å². The molecule has 2 N–H and O–H groups in total. The molecule has 0 saturated carbocycles. The van der Waals surface area contributed by atoms with Crippen LogP contribution in [0.3, 0.4) is 0 Å². The number of carboxylic acids is 2. The van der Waals surface area contributed by atoms with Gasteiger partial charge >= 0.3 is 11.9 Å². The van der Waals surface area contributed by atoms with Gasteiger partial charge in [-0.1, -0.05) is 18.2 Å². The second-order valence-corrected chi connectivity index (χ2v) is 7.53. The molecule has 1 unspecified atom stereocenters. The topological polar surface area (TPSA) is 99.5 Å². The summed E-state index contributed by atoms with van der Waals surface area (Å²) in [6, 6.07) is 6.32. The van der Waals surface area contributed by atoms with Crippen LogP contribution in [0.2, 0.25) is 0 Å². The van der Waals surface area contributed by atoms with Crippen LogP contribution < -0.4 is 9.47 Å². The normalized spacial score (nSPS) is 21.3. The number of rotatable bonds is 4.